The van der Waals surface area contributed by atoms with Crippen molar-refractivity contribution >= 4 is 11.8 Å². The molecule has 2 rings (SSSR count). The van der Waals surface area contributed by atoms with E-state index in [1.807, 2.05) is 0 Å². The molecule has 5 heteroatoms. The summed E-state index contributed by atoms with van der Waals surface area (Å²) in [6.45, 7) is 1.72. The van der Waals surface area contributed by atoms with E-state index in [0.717, 1.165) is 5.56 Å². The first-order chi connectivity index (χ1) is 11.0. The largest absolute Gasteiger partial charge is 0.496 e. The van der Waals surface area contributed by atoms with Gasteiger partial charge in [0.1, 0.15) is 18.1 Å². The lowest BCUT2D eigenvalue weighted by Gasteiger charge is -2.12. The molecular weight excluding hydrogens is 296 g/mol. The van der Waals surface area contributed by atoms with Gasteiger partial charge >= 0.3 is 5.97 Å². The summed E-state index contributed by atoms with van der Waals surface area (Å²) in [5.74, 6) is 0.718. The molecule has 0 saturated heterocycles. The molecule has 0 unspecified atom stereocenters. The average molecular weight is 314 g/mol. The third kappa shape index (κ3) is 4.10. The molecule has 0 saturated carbocycles. The Hall–Kier alpha value is -2.82. The van der Waals surface area contributed by atoms with Crippen LogP contribution < -0.4 is 9.47 Å². The molecule has 2 aromatic rings. The van der Waals surface area contributed by atoms with Crippen LogP contribution in [0.5, 0.6) is 11.5 Å². The Bertz CT molecular complexity index is 721. The predicted octanol–water partition coefficient (Wildman–Crippen LogP) is 3.26. The number of benzene rings is 2. The average Bonchev–Trinajstić information content (AvgIpc) is 2.59. The summed E-state index contributed by atoms with van der Waals surface area (Å²) in [6, 6.07) is 11.9. The van der Waals surface area contributed by atoms with E-state index in [2.05, 4.69) is 4.74 Å². The number of carbonyl (C=O) groups is 2. The van der Waals surface area contributed by atoms with Gasteiger partial charge in [-0.15, -0.1) is 0 Å². The van der Waals surface area contributed by atoms with E-state index in [0.29, 0.717) is 22.6 Å². The molecule has 0 radical (unpaired) electrons. The zero-order valence-electron chi connectivity index (χ0n) is 13.3. The van der Waals surface area contributed by atoms with Gasteiger partial charge in [-0.25, -0.2) is 4.79 Å². The van der Waals surface area contributed by atoms with Crippen LogP contribution in [0.1, 0.15) is 33.2 Å². The molecule has 0 fully saturated rings. The van der Waals surface area contributed by atoms with Crippen LogP contribution in [-0.4, -0.2) is 26.0 Å². The highest BCUT2D eigenvalue weighted by atomic mass is 16.5. The van der Waals surface area contributed by atoms with Crippen LogP contribution >= 0.6 is 0 Å². The van der Waals surface area contributed by atoms with Crippen LogP contribution in [0.2, 0.25) is 0 Å². The van der Waals surface area contributed by atoms with Crippen LogP contribution in [0.3, 0.4) is 0 Å². The third-order valence-corrected chi connectivity index (χ3v) is 3.34. The van der Waals surface area contributed by atoms with Crippen LogP contribution in [0.25, 0.3) is 0 Å². The fraction of sp³-hybridized carbons (Fsp3) is 0.222. The molecule has 2 aromatic carbocycles. The SMILES string of the molecule is COC(=O)c1cccc(OCc2cc(C(C)=O)ccc2OC)c1. The summed E-state index contributed by atoms with van der Waals surface area (Å²) in [5.41, 5.74) is 1.76. The number of Topliss-reactive ketones (excluding diaryl/α,β-unsaturated/α-hetero) is 1. The fourth-order valence-corrected chi connectivity index (χ4v) is 2.10. The molecule has 0 atom stereocenters. The van der Waals surface area contributed by atoms with E-state index in [9.17, 15) is 9.59 Å². The molecule has 5 nitrogen and oxygen atoms in total. The molecule has 0 aromatic heterocycles. The quantitative estimate of drug-likeness (QED) is 0.605. The number of esters is 1. The molecule has 0 spiro atoms. The zero-order valence-corrected chi connectivity index (χ0v) is 13.3. The summed E-state index contributed by atoms with van der Waals surface area (Å²) >= 11 is 0. The predicted molar refractivity (Wildman–Crippen MR) is 85.1 cm³/mol. The molecule has 120 valence electrons. The standard InChI is InChI=1S/C18H18O5/c1-12(19)13-7-8-17(21-2)15(9-13)11-23-16-6-4-5-14(10-16)18(20)22-3/h4-10H,11H2,1-3H3. The molecule has 0 aliphatic rings. The Balaban J connectivity index is 2.18. The summed E-state index contributed by atoms with van der Waals surface area (Å²) in [4.78, 5) is 23.0. The number of carbonyl (C=O) groups excluding carboxylic acids is 2. The Morgan fingerprint density at radius 1 is 1.00 bits per heavy atom. The van der Waals surface area contributed by atoms with E-state index in [4.69, 9.17) is 9.47 Å². The number of ether oxygens (including phenoxy) is 3. The van der Waals surface area contributed by atoms with Crippen LogP contribution in [0.4, 0.5) is 0 Å². The van der Waals surface area contributed by atoms with Crippen molar-refractivity contribution in [2.24, 2.45) is 0 Å². The van der Waals surface area contributed by atoms with Gasteiger partial charge in [0.05, 0.1) is 19.8 Å². The van der Waals surface area contributed by atoms with Crippen molar-refractivity contribution in [3.8, 4) is 11.5 Å². The summed E-state index contributed by atoms with van der Waals surface area (Å²) < 4.78 is 15.7. The van der Waals surface area contributed by atoms with Gasteiger partial charge in [0.25, 0.3) is 0 Å². The van der Waals surface area contributed by atoms with E-state index >= 15 is 0 Å². The van der Waals surface area contributed by atoms with Gasteiger partial charge in [-0.3, -0.25) is 4.79 Å². The van der Waals surface area contributed by atoms with E-state index in [-0.39, 0.29) is 12.4 Å². The van der Waals surface area contributed by atoms with Crippen LogP contribution in [-0.2, 0) is 11.3 Å². The lowest BCUT2D eigenvalue weighted by Crippen LogP contribution is -2.04. The topological polar surface area (TPSA) is 61.8 Å². The second-order valence-electron chi connectivity index (χ2n) is 4.89. The van der Waals surface area contributed by atoms with E-state index in [1.54, 1.807) is 49.6 Å². The number of ketones is 1. The third-order valence-electron chi connectivity index (χ3n) is 3.34. The Morgan fingerprint density at radius 3 is 2.43 bits per heavy atom. The maximum Gasteiger partial charge on any atom is 0.337 e. The minimum atomic E-state index is -0.424. The van der Waals surface area contributed by atoms with E-state index in [1.165, 1.54) is 14.0 Å². The zero-order chi connectivity index (χ0) is 16.8. The van der Waals surface area contributed by atoms with Crippen LogP contribution in [0, 0.1) is 0 Å². The molecule has 23 heavy (non-hydrogen) atoms. The summed E-state index contributed by atoms with van der Waals surface area (Å²) in [5, 5.41) is 0. The monoisotopic (exact) mass is 314 g/mol. The fourth-order valence-electron chi connectivity index (χ4n) is 2.10. The molecule has 0 aliphatic heterocycles. The Labute approximate surface area is 134 Å². The van der Waals surface area contributed by atoms with Gasteiger partial charge in [-0.1, -0.05) is 6.07 Å². The highest BCUT2D eigenvalue weighted by Gasteiger charge is 2.10. The number of hydrogen-bond donors (Lipinski definition) is 0. The summed E-state index contributed by atoms with van der Waals surface area (Å²) in [7, 11) is 2.89. The summed E-state index contributed by atoms with van der Waals surface area (Å²) in [6.07, 6.45) is 0. The highest BCUT2D eigenvalue weighted by molar-refractivity contribution is 5.94. The van der Waals surface area contributed by atoms with Crippen molar-refractivity contribution in [2.45, 2.75) is 13.5 Å². The number of hydrogen-bond acceptors (Lipinski definition) is 5. The first-order valence-corrected chi connectivity index (χ1v) is 7.04. The normalized spacial score (nSPS) is 10.0. The van der Waals surface area contributed by atoms with Crippen molar-refractivity contribution in [1.82, 2.24) is 0 Å². The van der Waals surface area contributed by atoms with E-state index < -0.39 is 5.97 Å². The first-order valence-electron chi connectivity index (χ1n) is 7.04. The lowest BCUT2D eigenvalue weighted by atomic mass is 10.1. The van der Waals surface area contributed by atoms with Gasteiger partial charge in [0.2, 0.25) is 0 Å². The lowest BCUT2D eigenvalue weighted by molar-refractivity contribution is 0.0600. The Kier molecular flexibility index (Phi) is 5.36. The van der Waals surface area contributed by atoms with Crippen LogP contribution in [0.15, 0.2) is 42.5 Å². The minimum absolute atomic E-state index is 0.0263. The van der Waals surface area contributed by atoms with Gasteiger partial charge in [0, 0.05) is 11.1 Å². The molecule has 0 bridgehead atoms. The number of rotatable bonds is 6. The number of methoxy groups -OCH3 is 2. The first kappa shape index (κ1) is 16.5. The molecule has 0 N–H and O–H groups in total. The van der Waals surface area contributed by atoms with Crippen molar-refractivity contribution in [2.75, 3.05) is 14.2 Å². The maximum atomic E-state index is 11.5. The van der Waals surface area contributed by atoms with Crippen molar-refractivity contribution in [3.63, 3.8) is 0 Å². The molecule has 0 amide bonds. The smallest absolute Gasteiger partial charge is 0.337 e. The van der Waals surface area contributed by atoms with Gasteiger partial charge in [-0.05, 0) is 43.3 Å². The van der Waals surface area contributed by atoms with Gasteiger partial charge < -0.3 is 14.2 Å². The maximum absolute atomic E-state index is 11.5. The van der Waals surface area contributed by atoms with Gasteiger partial charge in [0.15, 0.2) is 5.78 Å². The van der Waals surface area contributed by atoms with Crippen molar-refractivity contribution in [1.29, 1.82) is 0 Å². The van der Waals surface area contributed by atoms with Gasteiger partial charge in [-0.2, -0.15) is 0 Å². The highest BCUT2D eigenvalue weighted by Crippen LogP contribution is 2.23. The second-order valence-corrected chi connectivity index (χ2v) is 4.89. The molecule has 0 aliphatic carbocycles. The Morgan fingerprint density at radius 2 is 1.78 bits per heavy atom. The molecule has 0 heterocycles. The van der Waals surface area contributed by atoms with Crippen molar-refractivity contribution in [3.05, 3.63) is 59.2 Å². The second kappa shape index (κ2) is 7.45. The van der Waals surface area contributed by atoms with Crippen molar-refractivity contribution < 1.29 is 23.8 Å². The molecular formula is C18H18O5. The minimum Gasteiger partial charge on any atom is -0.496 e.